The van der Waals surface area contributed by atoms with E-state index in [2.05, 4.69) is 9.88 Å². The van der Waals surface area contributed by atoms with Gasteiger partial charge in [-0.15, -0.1) is 0 Å². The summed E-state index contributed by atoms with van der Waals surface area (Å²) in [5.74, 6) is 0.0790. The molecule has 0 radical (unpaired) electrons. The molecule has 0 atom stereocenters. The van der Waals surface area contributed by atoms with Crippen LogP contribution in [0, 0.1) is 0 Å². The molecule has 8 nitrogen and oxygen atoms in total. The first-order valence-corrected chi connectivity index (χ1v) is 10.3. The largest absolute Gasteiger partial charge is 0.388 e. The molecule has 9 heteroatoms. The molecule has 1 amide bonds. The molecule has 1 aromatic heterocycles. The summed E-state index contributed by atoms with van der Waals surface area (Å²) in [5, 5.41) is 12.0. The fraction of sp³-hybridized carbons (Fsp3) is 0.550. The Hall–Kier alpha value is -2.00. The van der Waals surface area contributed by atoms with Crippen molar-refractivity contribution in [2.75, 3.05) is 45.9 Å². The molecule has 0 bridgehead atoms. The number of piperidine rings is 1. The Balaban J connectivity index is 1.39. The summed E-state index contributed by atoms with van der Waals surface area (Å²) in [6, 6.07) is 4.96. The van der Waals surface area contributed by atoms with E-state index in [1.165, 1.54) is 10.9 Å². The lowest BCUT2D eigenvalue weighted by molar-refractivity contribution is -0.138. The molecule has 3 heterocycles. The normalized spacial score (nSPS) is 20.1. The van der Waals surface area contributed by atoms with Gasteiger partial charge in [0.25, 0.3) is 5.56 Å². The number of carbonyl (C=O) groups is 1. The number of aromatic nitrogens is 2. The summed E-state index contributed by atoms with van der Waals surface area (Å²) in [4.78, 5) is 33.5. The first-order chi connectivity index (χ1) is 13.9. The van der Waals surface area contributed by atoms with Crippen LogP contribution in [0.2, 0.25) is 5.02 Å². The third-order valence-electron chi connectivity index (χ3n) is 5.76. The lowest BCUT2D eigenvalue weighted by Crippen LogP contribution is -2.52. The van der Waals surface area contributed by atoms with Gasteiger partial charge in [0.2, 0.25) is 5.91 Å². The molecule has 2 aliphatic heterocycles. The Morgan fingerprint density at radius 1 is 1.21 bits per heavy atom. The van der Waals surface area contributed by atoms with Crippen LogP contribution in [-0.4, -0.2) is 81.9 Å². The minimum Gasteiger partial charge on any atom is -0.388 e. The summed E-state index contributed by atoms with van der Waals surface area (Å²) in [6.07, 6.45) is 2.30. The summed E-state index contributed by atoms with van der Waals surface area (Å²) in [7, 11) is 0. The standard InChI is InChI=1S/C20H25ClN4O4/c21-15-1-2-16-17(11-15)22-14-25(19(16)27)13-20(28)3-5-24(6-4-20)18(26)12-23-7-9-29-10-8-23/h1-2,11,14,28H,3-10,12-13H2. The molecule has 156 valence electrons. The topological polar surface area (TPSA) is 87.9 Å². The number of hydrogen-bond donors (Lipinski definition) is 1. The van der Waals surface area contributed by atoms with Crippen molar-refractivity contribution in [3.63, 3.8) is 0 Å². The van der Waals surface area contributed by atoms with Gasteiger partial charge >= 0.3 is 0 Å². The molecule has 0 unspecified atom stereocenters. The lowest BCUT2D eigenvalue weighted by atomic mass is 9.91. The number of fused-ring (bicyclic) bond motifs is 1. The van der Waals surface area contributed by atoms with Crippen molar-refractivity contribution >= 4 is 28.4 Å². The highest BCUT2D eigenvalue weighted by molar-refractivity contribution is 6.31. The van der Waals surface area contributed by atoms with Gasteiger partial charge in [0.1, 0.15) is 0 Å². The zero-order valence-electron chi connectivity index (χ0n) is 16.2. The van der Waals surface area contributed by atoms with E-state index in [1.54, 1.807) is 23.1 Å². The number of morpholine rings is 1. The lowest BCUT2D eigenvalue weighted by Gasteiger charge is -2.39. The number of aliphatic hydroxyl groups is 1. The molecule has 0 saturated carbocycles. The maximum absolute atomic E-state index is 12.7. The number of halogens is 1. The Labute approximate surface area is 173 Å². The Bertz CT molecular complexity index is 949. The van der Waals surface area contributed by atoms with E-state index in [4.69, 9.17) is 16.3 Å². The van der Waals surface area contributed by atoms with E-state index in [0.717, 1.165) is 13.1 Å². The predicted octanol–water partition coefficient (Wildman–Crippen LogP) is 0.736. The number of carbonyl (C=O) groups excluding carboxylic acids is 1. The monoisotopic (exact) mass is 420 g/mol. The van der Waals surface area contributed by atoms with Gasteiger partial charge in [0, 0.05) is 31.2 Å². The van der Waals surface area contributed by atoms with Crippen LogP contribution in [0.3, 0.4) is 0 Å². The SMILES string of the molecule is O=C(CN1CCOCC1)N1CCC(O)(Cn2cnc3cc(Cl)ccc3c2=O)CC1. The van der Waals surface area contributed by atoms with E-state index in [9.17, 15) is 14.7 Å². The molecule has 2 saturated heterocycles. The third kappa shape index (κ3) is 4.61. The van der Waals surface area contributed by atoms with Crippen LogP contribution in [0.4, 0.5) is 0 Å². The molecule has 2 fully saturated rings. The molecule has 29 heavy (non-hydrogen) atoms. The second-order valence-corrected chi connectivity index (χ2v) is 8.27. The number of ether oxygens (including phenoxy) is 1. The van der Waals surface area contributed by atoms with E-state index in [-0.39, 0.29) is 18.0 Å². The predicted molar refractivity (Wildman–Crippen MR) is 109 cm³/mol. The molecular formula is C20H25ClN4O4. The molecule has 0 aliphatic carbocycles. The van der Waals surface area contributed by atoms with Gasteiger partial charge in [-0.25, -0.2) is 4.98 Å². The maximum atomic E-state index is 12.7. The summed E-state index contributed by atoms with van der Waals surface area (Å²) < 4.78 is 6.76. The van der Waals surface area contributed by atoms with Crippen LogP contribution in [0.25, 0.3) is 10.9 Å². The van der Waals surface area contributed by atoms with E-state index in [1.807, 2.05) is 0 Å². The first-order valence-electron chi connectivity index (χ1n) is 9.89. The van der Waals surface area contributed by atoms with Gasteiger partial charge in [-0.2, -0.15) is 0 Å². The number of benzene rings is 1. The van der Waals surface area contributed by atoms with Crippen molar-refractivity contribution in [2.24, 2.45) is 0 Å². The van der Waals surface area contributed by atoms with Crippen molar-refractivity contribution in [2.45, 2.75) is 25.0 Å². The first kappa shape index (κ1) is 20.3. The molecule has 1 N–H and O–H groups in total. The van der Waals surface area contributed by atoms with E-state index in [0.29, 0.717) is 61.6 Å². The fourth-order valence-electron chi connectivity index (χ4n) is 3.94. The van der Waals surface area contributed by atoms with Gasteiger partial charge in [-0.1, -0.05) is 11.6 Å². The molecule has 2 aromatic rings. The summed E-state index contributed by atoms with van der Waals surface area (Å²) >= 11 is 5.96. The molecule has 2 aliphatic rings. The molecular weight excluding hydrogens is 396 g/mol. The third-order valence-corrected chi connectivity index (χ3v) is 6.00. The maximum Gasteiger partial charge on any atom is 0.261 e. The van der Waals surface area contributed by atoms with Gasteiger partial charge in [0.15, 0.2) is 0 Å². The minimum absolute atomic E-state index is 0.0790. The van der Waals surface area contributed by atoms with Gasteiger partial charge in [-0.3, -0.25) is 19.1 Å². The second-order valence-electron chi connectivity index (χ2n) is 7.83. The summed E-state index contributed by atoms with van der Waals surface area (Å²) in [5.41, 5.74) is -0.707. The van der Waals surface area contributed by atoms with Gasteiger partial charge in [-0.05, 0) is 31.0 Å². The van der Waals surface area contributed by atoms with Crippen LogP contribution in [0.15, 0.2) is 29.3 Å². The number of likely N-dealkylation sites (tertiary alicyclic amines) is 1. The van der Waals surface area contributed by atoms with Crippen LogP contribution < -0.4 is 5.56 Å². The highest BCUT2D eigenvalue weighted by Gasteiger charge is 2.35. The Kier molecular flexibility index (Phi) is 5.87. The van der Waals surface area contributed by atoms with Crippen LogP contribution in [0.5, 0.6) is 0 Å². The van der Waals surface area contributed by atoms with Gasteiger partial charge < -0.3 is 14.7 Å². The van der Waals surface area contributed by atoms with Crippen molar-refractivity contribution in [1.29, 1.82) is 0 Å². The zero-order valence-corrected chi connectivity index (χ0v) is 17.0. The highest BCUT2D eigenvalue weighted by atomic mass is 35.5. The number of rotatable bonds is 4. The Morgan fingerprint density at radius 2 is 1.93 bits per heavy atom. The van der Waals surface area contributed by atoms with Gasteiger partial charge in [0.05, 0.1) is 49.1 Å². The summed E-state index contributed by atoms with van der Waals surface area (Å²) in [6.45, 7) is 4.36. The quantitative estimate of drug-likeness (QED) is 0.784. The van der Waals surface area contributed by atoms with Crippen molar-refractivity contribution in [3.8, 4) is 0 Å². The van der Waals surface area contributed by atoms with Crippen molar-refractivity contribution in [3.05, 3.63) is 39.9 Å². The smallest absolute Gasteiger partial charge is 0.261 e. The zero-order chi connectivity index (χ0) is 20.4. The fourth-order valence-corrected chi connectivity index (χ4v) is 4.11. The molecule has 1 aromatic carbocycles. The van der Waals surface area contributed by atoms with Crippen LogP contribution in [-0.2, 0) is 16.1 Å². The molecule has 0 spiro atoms. The van der Waals surface area contributed by atoms with E-state index >= 15 is 0 Å². The van der Waals surface area contributed by atoms with Crippen molar-refractivity contribution < 1.29 is 14.6 Å². The van der Waals surface area contributed by atoms with Crippen LogP contribution in [0.1, 0.15) is 12.8 Å². The number of nitrogens with zero attached hydrogens (tertiary/aromatic N) is 4. The highest BCUT2D eigenvalue weighted by Crippen LogP contribution is 2.24. The van der Waals surface area contributed by atoms with Crippen molar-refractivity contribution in [1.82, 2.24) is 19.4 Å². The Morgan fingerprint density at radius 3 is 2.66 bits per heavy atom. The number of amides is 1. The molecule has 4 rings (SSSR count). The van der Waals surface area contributed by atoms with Crippen LogP contribution >= 0.6 is 11.6 Å². The minimum atomic E-state index is -1.04. The average Bonchev–Trinajstić information content (AvgIpc) is 2.71. The van der Waals surface area contributed by atoms with E-state index < -0.39 is 5.60 Å². The average molecular weight is 421 g/mol. The number of hydrogen-bond acceptors (Lipinski definition) is 6. The second kappa shape index (κ2) is 8.39.